The molecule has 1 unspecified atom stereocenters. The van der Waals surface area contributed by atoms with Crippen molar-refractivity contribution < 1.29 is 0 Å². The molecule has 102 valence electrons. The third kappa shape index (κ3) is 3.14. The summed E-state index contributed by atoms with van der Waals surface area (Å²) in [4.78, 5) is 2.46. The number of nitrogens with one attached hydrogen (secondary N) is 1. The first-order valence-electron chi connectivity index (χ1n) is 7.17. The zero-order valence-corrected chi connectivity index (χ0v) is 12.2. The van der Waals surface area contributed by atoms with Crippen LogP contribution < -0.4 is 5.32 Å². The van der Waals surface area contributed by atoms with Crippen LogP contribution in [0.4, 0.5) is 0 Å². The van der Waals surface area contributed by atoms with Crippen molar-refractivity contribution in [3.8, 4) is 0 Å². The van der Waals surface area contributed by atoms with Crippen LogP contribution in [-0.2, 0) is 0 Å². The second-order valence-corrected chi connectivity index (χ2v) is 4.90. The van der Waals surface area contributed by atoms with E-state index in [2.05, 4.69) is 73.6 Å². The second-order valence-electron chi connectivity index (χ2n) is 4.90. The van der Waals surface area contributed by atoms with Crippen molar-refractivity contribution in [1.29, 1.82) is 0 Å². The van der Waals surface area contributed by atoms with Gasteiger partial charge in [0, 0.05) is 12.6 Å². The molecule has 0 saturated carbocycles. The topological polar surface area (TPSA) is 15.3 Å². The maximum Gasteiger partial charge on any atom is 0.0453 e. The van der Waals surface area contributed by atoms with Crippen LogP contribution in [0.1, 0.15) is 25.5 Å². The number of benzene rings is 2. The van der Waals surface area contributed by atoms with Gasteiger partial charge in [-0.05, 0) is 36.5 Å². The Morgan fingerprint density at radius 2 is 1.68 bits per heavy atom. The molecule has 2 nitrogen and oxygen atoms in total. The fourth-order valence-electron chi connectivity index (χ4n) is 2.64. The number of nitrogens with zero attached hydrogens (tertiary/aromatic N) is 1. The van der Waals surface area contributed by atoms with Gasteiger partial charge >= 0.3 is 0 Å². The van der Waals surface area contributed by atoms with Crippen LogP contribution in [0.5, 0.6) is 0 Å². The van der Waals surface area contributed by atoms with E-state index in [1.54, 1.807) is 0 Å². The summed E-state index contributed by atoms with van der Waals surface area (Å²) >= 11 is 0. The largest absolute Gasteiger partial charge is 0.312 e. The van der Waals surface area contributed by atoms with E-state index < -0.39 is 0 Å². The van der Waals surface area contributed by atoms with E-state index in [0.717, 1.165) is 19.6 Å². The fourth-order valence-corrected chi connectivity index (χ4v) is 2.64. The minimum atomic E-state index is 0.381. The highest BCUT2D eigenvalue weighted by Gasteiger charge is 2.14. The van der Waals surface area contributed by atoms with Crippen molar-refractivity contribution >= 4 is 10.8 Å². The zero-order chi connectivity index (χ0) is 13.7. The summed E-state index contributed by atoms with van der Waals surface area (Å²) in [7, 11) is 2.05. The van der Waals surface area contributed by atoms with Crippen molar-refractivity contribution in [2.75, 3.05) is 26.7 Å². The van der Waals surface area contributed by atoms with Gasteiger partial charge in [-0.1, -0.05) is 56.3 Å². The predicted molar refractivity (Wildman–Crippen MR) is 83.5 cm³/mol. The Hall–Kier alpha value is -1.38. The second kappa shape index (κ2) is 6.69. The van der Waals surface area contributed by atoms with Gasteiger partial charge in [-0.3, -0.25) is 0 Å². The number of fused-ring (bicyclic) bond motifs is 1. The third-order valence-corrected chi connectivity index (χ3v) is 3.88. The molecule has 0 amide bonds. The molecular formula is C17H24N2. The maximum absolute atomic E-state index is 3.47. The minimum Gasteiger partial charge on any atom is -0.312 e. The standard InChI is InChI=1S/C17H24N2/c1-4-19(5-2)13-17(18-3)16-12-8-10-14-9-6-7-11-15(14)16/h6-12,17-18H,4-5,13H2,1-3H3. The van der Waals surface area contributed by atoms with Crippen LogP contribution in [0, 0.1) is 0 Å². The minimum absolute atomic E-state index is 0.381. The van der Waals surface area contributed by atoms with Gasteiger partial charge < -0.3 is 10.2 Å². The lowest BCUT2D eigenvalue weighted by molar-refractivity contribution is 0.271. The molecule has 0 spiro atoms. The molecule has 0 heterocycles. The van der Waals surface area contributed by atoms with Crippen molar-refractivity contribution in [3.05, 3.63) is 48.0 Å². The van der Waals surface area contributed by atoms with Gasteiger partial charge in [-0.15, -0.1) is 0 Å². The molecule has 0 aromatic heterocycles. The summed E-state index contributed by atoms with van der Waals surface area (Å²) in [5.74, 6) is 0. The number of hydrogen-bond acceptors (Lipinski definition) is 2. The van der Waals surface area contributed by atoms with Crippen LogP contribution in [0.15, 0.2) is 42.5 Å². The predicted octanol–water partition coefficient (Wildman–Crippen LogP) is 3.44. The van der Waals surface area contributed by atoms with Gasteiger partial charge in [-0.25, -0.2) is 0 Å². The lowest BCUT2D eigenvalue weighted by Gasteiger charge is -2.26. The van der Waals surface area contributed by atoms with E-state index in [1.807, 2.05) is 0 Å². The van der Waals surface area contributed by atoms with E-state index in [1.165, 1.54) is 16.3 Å². The third-order valence-electron chi connectivity index (χ3n) is 3.88. The van der Waals surface area contributed by atoms with Crippen LogP contribution in [0.25, 0.3) is 10.8 Å². The van der Waals surface area contributed by atoms with E-state index >= 15 is 0 Å². The van der Waals surface area contributed by atoms with Crippen LogP contribution in [-0.4, -0.2) is 31.6 Å². The van der Waals surface area contributed by atoms with Gasteiger partial charge in [0.25, 0.3) is 0 Å². The van der Waals surface area contributed by atoms with Gasteiger partial charge in [0.1, 0.15) is 0 Å². The zero-order valence-electron chi connectivity index (χ0n) is 12.2. The smallest absolute Gasteiger partial charge is 0.0453 e. The van der Waals surface area contributed by atoms with Crippen molar-refractivity contribution in [2.24, 2.45) is 0 Å². The fraction of sp³-hybridized carbons (Fsp3) is 0.412. The lowest BCUT2D eigenvalue weighted by Crippen LogP contribution is -2.33. The summed E-state index contributed by atoms with van der Waals surface area (Å²) in [5.41, 5.74) is 1.40. The normalized spacial score (nSPS) is 13.1. The average Bonchev–Trinajstić information content (AvgIpc) is 2.48. The van der Waals surface area contributed by atoms with E-state index in [0.29, 0.717) is 6.04 Å². The van der Waals surface area contributed by atoms with Crippen LogP contribution >= 0.6 is 0 Å². The molecule has 0 radical (unpaired) electrons. The Bertz CT molecular complexity index is 512. The van der Waals surface area contributed by atoms with Crippen molar-refractivity contribution in [3.63, 3.8) is 0 Å². The van der Waals surface area contributed by atoms with E-state index in [-0.39, 0.29) is 0 Å². The summed E-state index contributed by atoms with van der Waals surface area (Å²) in [6.45, 7) is 7.69. The molecule has 0 saturated heterocycles. The SMILES string of the molecule is CCN(CC)CC(NC)c1cccc2ccccc12. The number of likely N-dealkylation sites (N-methyl/N-ethyl adjacent to an activating group) is 2. The molecule has 2 rings (SSSR count). The summed E-state index contributed by atoms with van der Waals surface area (Å²) < 4.78 is 0. The Balaban J connectivity index is 2.35. The summed E-state index contributed by atoms with van der Waals surface area (Å²) in [5, 5.41) is 6.15. The summed E-state index contributed by atoms with van der Waals surface area (Å²) in [6.07, 6.45) is 0. The van der Waals surface area contributed by atoms with Crippen molar-refractivity contribution in [2.45, 2.75) is 19.9 Å². The van der Waals surface area contributed by atoms with Gasteiger partial charge in [0.2, 0.25) is 0 Å². The first kappa shape index (κ1) is 14.0. The average molecular weight is 256 g/mol. The molecule has 1 N–H and O–H groups in total. The summed E-state index contributed by atoms with van der Waals surface area (Å²) in [6, 6.07) is 15.6. The highest BCUT2D eigenvalue weighted by molar-refractivity contribution is 5.86. The first-order valence-corrected chi connectivity index (χ1v) is 7.17. The Labute approximate surface area is 116 Å². The van der Waals surface area contributed by atoms with Crippen LogP contribution in [0.2, 0.25) is 0 Å². The molecule has 0 fully saturated rings. The lowest BCUT2D eigenvalue weighted by atomic mass is 9.98. The maximum atomic E-state index is 3.47. The van der Waals surface area contributed by atoms with E-state index in [4.69, 9.17) is 0 Å². The Morgan fingerprint density at radius 1 is 1.00 bits per heavy atom. The van der Waals surface area contributed by atoms with Crippen LogP contribution in [0.3, 0.4) is 0 Å². The molecule has 0 bridgehead atoms. The van der Waals surface area contributed by atoms with Crippen molar-refractivity contribution in [1.82, 2.24) is 10.2 Å². The molecule has 1 atom stereocenters. The quantitative estimate of drug-likeness (QED) is 0.851. The monoisotopic (exact) mass is 256 g/mol. The molecule has 0 aliphatic heterocycles. The van der Waals surface area contributed by atoms with Gasteiger partial charge in [0.05, 0.1) is 0 Å². The molecule has 0 aliphatic rings. The molecule has 0 aliphatic carbocycles. The van der Waals surface area contributed by atoms with Gasteiger partial charge in [-0.2, -0.15) is 0 Å². The first-order chi connectivity index (χ1) is 9.30. The van der Waals surface area contributed by atoms with E-state index in [9.17, 15) is 0 Å². The molecular weight excluding hydrogens is 232 g/mol. The highest BCUT2D eigenvalue weighted by Crippen LogP contribution is 2.24. The Kier molecular flexibility index (Phi) is 4.94. The Morgan fingerprint density at radius 3 is 2.37 bits per heavy atom. The molecule has 19 heavy (non-hydrogen) atoms. The number of rotatable bonds is 6. The molecule has 2 aromatic rings. The number of hydrogen-bond donors (Lipinski definition) is 1. The molecule has 2 aromatic carbocycles. The van der Waals surface area contributed by atoms with Gasteiger partial charge in [0.15, 0.2) is 0 Å². The highest BCUT2D eigenvalue weighted by atomic mass is 15.1. The molecule has 2 heteroatoms.